The fourth-order valence-corrected chi connectivity index (χ4v) is 5.22. The minimum Gasteiger partial charge on any atom is -0.377 e. The Labute approximate surface area is 191 Å². The second-order valence-corrected chi connectivity index (χ2v) is 8.67. The van der Waals surface area contributed by atoms with Gasteiger partial charge in [0.1, 0.15) is 17.9 Å². The first-order chi connectivity index (χ1) is 16.5. The zero-order chi connectivity index (χ0) is 23.4. The number of pyridine rings is 1. The summed E-state index contributed by atoms with van der Waals surface area (Å²) in [7, 11) is 0. The Morgan fingerprint density at radius 3 is 2.62 bits per heavy atom. The average molecular weight is 474 g/mol. The van der Waals surface area contributed by atoms with Crippen molar-refractivity contribution in [3.8, 4) is 11.9 Å². The van der Waals surface area contributed by atoms with Gasteiger partial charge in [0.05, 0.1) is 55.8 Å². The molecule has 3 atom stereocenters. The molecule has 3 aromatic rings. The number of hydrogen-bond acceptors (Lipinski definition) is 8. The van der Waals surface area contributed by atoms with Crippen LogP contribution in [0.15, 0.2) is 18.3 Å². The maximum Gasteiger partial charge on any atom is 0.411 e. The van der Waals surface area contributed by atoms with E-state index in [1.54, 1.807) is 12.1 Å². The maximum atomic E-state index is 14.0. The Balaban J connectivity index is 1.60. The standard InChI is InChI=1S/C21H21F3N8O2/c22-21(23,24)16-11-33-6-5-30(16)15-7-18(31-12-1-2-13(31)10-34-9-12)27-20-19(15)14(8-25)29-32(20)17-3-4-26-28-17/h3-4,7,12-13,16H,1-2,5-6,9-11H2,(H,26,28)/t12?,13?,16-/m1/s1. The molecule has 0 amide bonds. The molecule has 2 bridgehead atoms. The molecule has 3 aliphatic rings. The van der Waals surface area contributed by atoms with Gasteiger partial charge >= 0.3 is 6.18 Å². The van der Waals surface area contributed by atoms with Crippen LogP contribution in [0.3, 0.4) is 0 Å². The average Bonchev–Trinajstić information content (AvgIpc) is 3.54. The number of nitrogens with one attached hydrogen (secondary N) is 1. The highest BCUT2D eigenvalue weighted by molar-refractivity contribution is 5.96. The topological polar surface area (TPSA) is 108 Å². The van der Waals surface area contributed by atoms with Gasteiger partial charge in [0, 0.05) is 18.7 Å². The van der Waals surface area contributed by atoms with Crippen molar-refractivity contribution in [3.63, 3.8) is 0 Å². The molecule has 0 aromatic carbocycles. The van der Waals surface area contributed by atoms with Crippen LogP contribution in [0, 0.1) is 11.3 Å². The van der Waals surface area contributed by atoms with Crippen LogP contribution in [-0.2, 0) is 9.47 Å². The zero-order valence-electron chi connectivity index (χ0n) is 18.0. The number of halogens is 3. The number of hydrogen-bond donors (Lipinski definition) is 1. The van der Waals surface area contributed by atoms with E-state index in [1.807, 2.05) is 6.07 Å². The van der Waals surface area contributed by atoms with E-state index in [4.69, 9.17) is 14.5 Å². The van der Waals surface area contributed by atoms with Crippen LogP contribution >= 0.6 is 0 Å². The highest BCUT2D eigenvalue weighted by Gasteiger charge is 2.47. The highest BCUT2D eigenvalue weighted by atomic mass is 19.4. The minimum atomic E-state index is -4.51. The van der Waals surface area contributed by atoms with Crippen LogP contribution < -0.4 is 9.80 Å². The van der Waals surface area contributed by atoms with Gasteiger partial charge in [-0.15, -0.1) is 0 Å². The van der Waals surface area contributed by atoms with E-state index in [-0.39, 0.29) is 42.0 Å². The van der Waals surface area contributed by atoms with Crippen molar-refractivity contribution in [2.45, 2.75) is 37.1 Å². The predicted molar refractivity (Wildman–Crippen MR) is 114 cm³/mol. The van der Waals surface area contributed by atoms with Crippen LogP contribution in [0.2, 0.25) is 0 Å². The van der Waals surface area contributed by atoms with Gasteiger partial charge < -0.3 is 19.3 Å². The fourth-order valence-electron chi connectivity index (χ4n) is 5.22. The summed E-state index contributed by atoms with van der Waals surface area (Å²) in [5, 5.41) is 21.2. The van der Waals surface area contributed by atoms with E-state index < -0.39 is 18.8 Å². The van der Waals surface area contributed by atoms with E-state index in [9.17, 15) is 18.4 Å². The third-order valence-electron chi connectivity index (χ3n) is 6.74. The lowest BCUT2D eigenvalue weighted by Crippen LogP contribution is -2.53. The maximum absolute atomic E-state index is 14.0. The Kier molecular flexibility index (Phi) is 4.89. The molecule has 3 aromatic heterocycles. The molecular formula is C21H21F3N8O2. The number of H-pyrrole nitrogens is 1. The third kappa shape index (κ3) is 3.28. The van der Waals surface area contributed by atoms with Gasteiger partial charge in [-0.3, -0.25) is 5.10 Å². The second kappa shape index (κ2) is 7.85. The van der Waals surface area contributed by atoms with Crippen molar-refractivity contribution >= 4 is 22.5 Å². The number of nitriles is 1. The van der Waals surface area contributed by atoms with E-state index in [2.05, 4.69) is 20.2 Å². The van der Waals surface area contributed by atoms with E-state index in [0.29, 0.717) is 30.5 Å². The Morgan fingerprint density at radius 2 is 1.94 bits per heavy atom. The van der Waals surface area contributed by atoms with Crippen LogP contribution in [-0.4, -0.2) is 82.2 Å². The highest BCUT2D eigenvalue weighted by Crippen LogP contribution is 2.41. The molecule has 3 aliphatic heterocycles. The van der Waals surface area contributed by atoms with E-state index in [1.165, 1.54) is 15.8 Å². The molecular weight excluding hydrogens is 453 g/mol. The second-order valence-electron chi connectivity index (χ2n) is 8.67. The lowest BCUT2D eigenvalue weighted by atomic mass is 10.1. The number of fused-ring (bicyclic) bond motifs is 3. The molecule has 34 heavy (non-hydrogen) atoms. The van der Waals surface area contributed by atoms with E-state index >= 15 is 0 Å². The number of aromatic nitrogens is 5. The summed E-state index contributed by atoms with van der Waals surface area (Å²) in [4.78, 5) is 8.26. The molecule has 0 radical (unpaired) electrons. The molecule has 6 rings (SSSR count). The number of alkyl halides is 3. The van der Waals surface area contributed by atoms with Crippen molar-refractivity contribution in [2.75, 3.05) is 42.8 Å². The van der Waals surface area contributed by atoms with Gasteiger partial charge in [0.15, 0.2) is 17.2 Å². The van der Waals surface area contributed by atoms with Crippen molar-refractivity contribution in [1.29, 1.82) is 5.26 Å². The summed E-state index contributed by atoms with van der Waals surface area (Å²) in [5.41, 5.74) is 0.571. The van der Waals surface area contributed by atoms with Gasteiger partial charge in [-0.05, 0) is 12.8 Å². The van der Waals surface area contributed by atoms with Crippen LogP contribution in [0.5, 0.6) is 0 Å². The summed E-state index contributed by atoms with van der Waals surface area (Å²) in [6.07, 6.45) is -1.14. The molecule has 0 saturated carbocycles. The number of nitrogens with zero attached hydrogens (tertiary/aromatic N) is 7. The number of ether oxygens (including phenoxy) is 2. The molecule has 3 saturated heterocycles. The van der Waals surface area contributed by atoms with Gasteiger partial charge in [0.2, 0.25) is 0 Å². The summed E-state index contributed by atoms with van der Waals surface area (Å²) < 4.78 is 54.3. The lowest BCUT2D eigenvalue weighted by Gasteiger charge is -2.40. The Hall–Kier alpha value is -3.37. The molecule has 0 spiro atoms. The van der Waals surface area contributed by atoms with Crippen LogP contribution in [0.1, 0.15) is 18.5 Å². The largest absolute Gasteiger partial charge is 0.411 e. The third-order valence-corrected chi connectivity index (χ3v) is 6.74. The molecule has 3 fully saturated rings. The molecule has 6 heterocycles. The number of morpholine rings is 2. The normalized spacial score (nSPS) is 25.2. The number of aromatic amines is 1. The van der Waals surface area contributed by atoms with Gasteiger partial charge in [-0.2, -0.15) is 33.3 Å². The molecule has 2 unspecified atom stereocenters. The quantitative estimate of drug-likeness (QED) is 0.615. The minimum absolute atomic E-state index is 0.00369. The first kappa shape index (κ1) is 21.2. The fraction of sp³-hybridized carbons (Fsp3) is 0.524. The van der Waals surface area contributed by atoms with Crippen molar-refractivity contribution in [3.05, 3.63) is 24.0 Å². The van der Waals surface area contributed by atoms with Gasteiger partial charge in [0.25, 0.3) is 0 Å². The number of rotatable bonds is 3. The van der Waals surface area contributed by atoms with Crippen LogP contribution in [0.25, 0.3) is 16.9 Å². The smallest absolute Gasteiger partial charge is 0.377 e. The van der Waals surface area contributed by atoms with Gasteiger partial charge in [-0.25, -0.2) is 4.98 Å². The monoisotopic (exact) mass is 474 g/mol. The summed E-state index contributed by atoms with van der Waals surface area (Å²) in [6, 6.07) is 3.71. The Bertz CT molecular complexity index is 1240. The van der Waals surface area contributed by atoms with Crippen molar-refractivity contribution < 1.29 is 22.6 Å². The Morgan fingerprint density at radius 1 is 1.15 bits per heavy atom. The SMILES string of the molecule is N#Cc1nn(-c2ccn[nH]2)c2nc(N3C4CCC3COC4)cc(N3CCOC[C@@H]3C(F)(F)F)c12. The van der Waals surface area contributed by atoms with Crippen LogP contribution in [0.4, 0.5) is 24.7 Å². The first-order valence-electron chi connectivity index (χ1n) is 11.1. The molecule has 1 N–H and O–H groups in total. The number of anilines is 2. The summed E-state index contributed by atoms with van der Waals surface area (Å²) in [5.74, 6) is 1.01. The van der Waals surface area contributed by atoms with Gasteiger partial charge in [-0.1, -0.05) is 0 Å². The summed E-state index contributed by atoms with van der Waals surface area (Å²) in [6.45, 7) is 0.765. The molecule has 178 valence electrons. The molecule has 13 heteroatoms. The first-order valence-corrected chi connectivity index (χ1v) is 11.1. The molecule has 0 aliphatic carbocycles. The zero-order valence-corrected chi connectivity index (χ0v) is 18.0. The lowest BCUT2D eigenvalue weighted by molar-refractivity contribution is -0.167. The predicted octanol–water partition coefficient (Wildman–Crippen LogP) is 2.15. The van der Waals surface area contributed by atoms with Crippen molar-refractivity contribution in [1.82, 2.24) is 25.0 Å². The summed E-state index contributed by atoms with van der Waals surface area (Å²) >= 11 is 0. The molecule has 10 nitrogen and oxygen atoms in total. The van der Waals surface area contributed by atoms with Crippen molar-refractivity contribution in [2.24, 2.45) is 0 Å². The van der Waals surface area contributed by atoms with E-state index in [0.717, 1.165) is 12.8 Å².